The molecule has 1 aliphatic rings. The highest BCUT2D eigenvalue weighted by Crippen LogP contribution is 2.20. The minimum Gasteiger partial charge on any atom is -0.385 e. The number of likely N-dealkylation sites (N-methyl/N-ethyl adjacent to an activating group) is 1. The van der Waals surface area contributed by atoms with Crippen LogP contribution in [-0.4, -0.2) is 75.8 Å². The second-order valence-corrected chi connectivity index (χ2v) is 8.09. The summed E-state index contributed by atoms with van der Waals surface area (Å²) in [5, 5.41) is 6.91. The van der Waals surface area contributed by atoms with Gasteiger partial charge in [-0.1, -0.05) is 30.7 Å². The molecule has 0 spiro atoms. The maximum absolute atomic E-state index is 5.12. The Kier molecular flexibility index (Phi) is 14.3. The molecule has 0 aliphatic carbocycles. The second kappa shape index (κ2) is 15.8. The third-order valence-corrected chi connectivity index (χ3v) is 5.78. The number of ether oxygens (including phenoxy) is 1. The van der Waals surface area contributed by atoms with Gasteiger partial charge in [0.2, 0.25) is 0 Å². The molecule has 1 saturated heterocycles. The Morgan fingerprint density at radius 3 is 2.67 bits per heavy atom. The van der Waals surface area contributed by atoms with Crippen LogP contribution in [0.1, 0.15) is 43.7 Å². The van der Waals surface area contributed by atoms with Crippen LogP contribution in [0.4, 0.5) is 0 Å². The summed E-state index contributed by atoms with van der Waals surface area (Å²) in [6.45, 7) is 9.12. The highest BCUT2D eigenvalue weighted by molar-refractivity contribution is 14.0. The van der Waals surface area contributed by atoms with Crippen LogP contribution in [0.3, 0.4) is 0 Å². The first kappa shape index (κ1) is 27.1. The first-order valence-corrected chi connectivity index (χ1v) is 11.1. The smallest absolute Gasteiger partial charge is 0.191 e. The predicted octanol–water partition coefficient (Wildman–Crippen LogP) is 3.31. The van der Waals surface area contributed by atoms with Crippen molar-refractivity contribution in [3.63, 3.8) is 0 Å². The minimum atomic E-state index is 0. The monoisotopic (exact) mass is 531 g/mol. The van der Waals surface area contributed by atoms with E-state index >= 15 is 0 Å². The number of halogens is 1. The Balaban J connectivity index is 0.00000450. The van der Waals surface area contributed by atoms with Gasteiger partial charge in [0.15, 0.2) is 5.96 Å². The lowest BCUT2D eigenvalue weighted by Gasteiger charge is -2.33. The molecule has 2 rings (SSSR count). The van der Waals surface area contributed by atoms with Gasteiger partial charge in [-0.15, -0.1) is 24.0 Å². The molecule has 1 atom stereocenters. The Morgan fingerprint density at radius 2 is 1.97 bits per heavy atom. The fourth-order valence-electron chi connectivity index (χ4n) is 3.85. The highest BCUT2D eigenvalue weighted by atomic mass is 127. The Bertz CT molecular complexity index is 613. The SMILES string of the molecule is CN=C(NCCN(C)CCCOC)NCc1ccccc1CN1CCCCC1C.I. The van der Waals surface area contributed by atoms with Gasteiger partial charge >= 0.3 is 0 Å². The molecule has 2 N–H and O–H groups in total. The molecular formula is C23H42IN5O. The van der Waals surface area contributed by atoms with Crippen LogP contribution in [0.2, 0.25) is 0 Å². The summed E-state index contributed by atoms with van der Waals surface area (Å²) in [5.41, 5.74) is 2.77. The van der Waals surface area contributed by atoms with Crippen molar-refractivity contribution in [2.75, 3.05) is 54.0 Å². The fourth-order valence-corrected chi connectivity index (χ4v) is 3.85. The molecule has 1 aromatic rings. The summed E-state index contributed by atoms with van der Waals surface area (Å²) in [4.78, 5) is 9.31. The quantitative estimate of drug-likeness (QED) is 0.199. The molecule has 1 unspecified atom stereocenters. The molecule has 0 amide bonds. The largest absolute Gasteiger partial charge is 0.385 e. The van der Waals surface area contributed by atoms with Crippen molar-refractivity contribution in [2.45, 2.75) is 51.7 Å². The van der Waals surface area contributed by atoms with Gasteiger partial charge in [0.05, 0.1) is 0 Å². The van der Waals surface area contributed by atoms with Crippen LogP contribution in [0.25, 0.3) is 0 Å². The minimum absolute atomic E-state index is 0. The third kappa shape index (κ3) is 9.94. The molecule has 172 valence electrons. The van der Waals surface area contributed by atoms with Gasteiger partial charge in [0.1, 0.15) is 0 Å². The molecule has 6 nitrogen and oxygen atoms in total. The molecule has 0 bridgehead atoms. The zero-order chi connectivity index (χ0) is 20.9. The van der Waals surface area contributed by atoms with Crippen molar-refractivity contribution in [2.24, 2.45) is 4.99 Å². The van der Waals surface area contributed by atoms with Crippen molar-refractivity contribution >= 4 is 29.9 Å². The van der Waals surface area contributed by atoms with Gasteiger partial charge in [-0.2, -0.15) is 0 Å². The Morgan fingerprint density at radius 1 is 1.20 bits per heavy atom. The zero-order valence-corrected chi connectivity index (χ0v) is 21.7. The average molecular weight is 532 g/mol. The van der Waals surface area contributed by atoms with E-state index in [2.05, 4.69) is 63.7 Å². The van der Waals surface area contributed by atoms with E-state index in [1.807, 2.05) is 7.05 Å². The molecular weight excluding hydrogens is 489 g/mol. The van der Waals surface area contributed by atoms with Gasteiger partial charge in [0, 0.05) is 59.5 Å². The van der Waals surface area contributed by atoms with Crippen molar-refractivity contribution < 1.29 is 4.74 Å². The van der Waals surface area contributed by atoms with E-state index in [0.29, 0.717) is 6.04 Å². The Labute approximate surface area is 200 Å². The molecule has 30 heavy (non-hydrogen) atoms. The molecule has 1 fully saturated rings. The van der Waals surface area contributed by atoms with E-state index in [9.17, 15) is 0 Å². The molecule has 0 radical (unpaired) electrons. The highest BCUT2D eigenvalue weighted by Gasteiger charge is 2.19. The number of hydrogen-bond donors (Lipinski definition) is 2. The summed E-state index contributed by atoms with van der Waals surface area (Å²) in [6, 6.07) is 9.46. The van der Waals surface area contributed by atoms with Gasteiger partial charge < -0.3 is 20.3 Å². The number of methoxy groups -OCH3 is 1. The van der Waals surface area contributed by atoms with E-state index in [1.165, 1.54) is 36.9 Å². The van der Waals surface area contributed by atoms with E-state index in [4.69, 9.17) is 4.74 Å². The third-order valence-electron chi connectivity index (χ3n) is 5.78. The summed E-state index contributed by atoms with van der Waals surface area (Å²) < 4.78 is 5.12. The number of benzene rings is 1. The molecule has 1 aliphatic heterocycles. The van der Waals surface area contributed by atoms with E-state index in [1.54, 1.807) is 7.11 Å². The number of likely N-dealkylation sites (tertiary alicyclic amines) is 1. The number of piperidine rings is 1. The van der Waals surface area contributed by atoms with Crippen LogP contribution in [0.15, 0.2) is 29.3 Å². The number of nitrogens with one attached hydrogen (secondary N) is 2. The van der Waals surface area contributed by atoms with Crippen molar-refractivity contribution in [3.8, 4) is 0 Å². The van der Waals surface area contributed by atoms with E-state index < -0.39 is 0 Å². The van der Waals surface area contributed by atoms with Crippen LogP contribution in [0, 0.1) is 0 Å². The number of rotatable bonds is 11. The van der Waals surface area contributed by atoms with Gasteiger partial charge in [-0.3, -0.25) is 9.89 Å². The van der Waals surface area contributed by atoms with Crippen molar-refractivity contribution in [1.82, 2.24) is 20.4 Å². The van der Waals surface area contributed by atoms with E-state index in [-0.39, 0.29) is 24.0 Å². The first-order chi connectivity index (χ1) is 14.1. The summed E-state index contributed by atoms with van der Waals surface area (Å²) in [5.74, 6) is 0.858. The lowest BCUT2D eigenvalue weighted by molar-refractivity contribution is 0.152. The number of guanidine groups is 1. The van der Waals surface area contributed by atoms with Gasteiger partial charge in [0.25, 0.3) is 0 Å². The normalized spacial score (nSPS) is 17.6. The van der Waals surface area contributed by atoms with Gasteiger partial charge in [-0.05, 0) is 50.9 Å². The molecule has 1 heterocycles. The maximum atomic E-state index is 5.12. The summed E-state index contributed by atoms with van der Waals surface area (Å²) in [7, 11) is 5.73. The molecule has 0 saturated carbocycles. The lowest BCUT2D eigenvalue weighted by Crippen LogP contribution is -2.41. The lowest BCUT2D eigenvalue weighted by atomic mass is 10.0. The van der Waals surface area contributed by atoms with E-state index in [0.717, 1.165) is 51.7 Å². The first-order valence-electron chi connectivity index (χ1n) is 11.1. The van der Waals surface area contributed by atoms with Crippen molar-refractivity contribution in [1.29, 1.82) is 0 Å². The van der Waals surface area contributed by atoms with Crippen LogP contribution in [-0.2, 0) is 17.8 Å². The molecule has 0 aromatic heterocycles. The molecule has 1 aromatic carbocycles. The van der Waals surface area contributed by atoms with Crippen molar-refractivity contribution in [3.05, 3.63) is 35.4 Å². The molecule has 7 heteroatoms. The number of aliphatic imine (C=N–C) groups is 1. The number of hydrogen-bond acceptors (Lipinski definition) is 4. The standard InChI is InChI=1S/C23H41N5O.HI/c1-20-10-7-8-15-28(20)19-22-12-6-5-11-21(22)18-26-23(24-2)25-13-16-27(3)14-9-17-29-4;/h5-6,11-12,20H,7-10,13-19H2,1-4H3,(H2,24,25,26);1H. The topological polar surface area (TPSA) is 52.1 Å². The predicted molar refractivity (Wildman–Crippen MR) is 138 cm³/mol. The fraction of sp³-hybridized carbons (Fsp3) is 0.696. The van der Waals surface area contributed by atoms with Gasteiger partial charge in [-0.25, -0.2) is 0 Å². The second-order valence-electron chi connectivity index (χ2n) is 8.09. The summed E-state index contributed by atoms with van der Waals surface area (Å²) in [6.07, 6.45) is 5.06. The maximum Gasteiger partial charge on any atom is 0.191 e. The number of nitrogens with zero attached hydrogens (tertiary/aromatic N) is 3. The Hall–Kier alpha value is -0.900. The van der Waals surface area contributed by atoms with Crippen LogP contribution < -0.4 is 10.6 Å². The average Bonchev–Trinajstić information content (AvgIpc) is 2.73. The van der Waals surface area contributed by atoms with Crippen LogP contribution >= 0.6 is 24.0 Å². The zero-order valence-electron chi connectivity index (χ0n) is 19.3. The summed E-state index contributed by atoms with van der Waals surface area (Å²) >= 11 is 0. The van der Waals surface area contributed by atoms with Crippen LogP contribution in [0.5, 0.6) is 0 Å².